The maximum absolute atomic E-state index is 12.1. The van der Waals surface area contributed by atoms with Crippen LogP contribution in [-0.2, 0) is 19.4 Å². The number of sulfone groups is 1. The molecule has 0 radical (unpaired) electrons. The Morgan fingerprint density at radius 1 is 1.35 bits per heavy atom. The van der Waals surface area contributed by atoms with Crippen LogP contribution in [0.1, 0.15) is 16.8 Å². The van der Waals surface area contributed by atoms with Crippen LogP contribution in [-0.4, -0.2) is 62.7 Å². The van der Waals surface area contributed by atoms with Gasteiger partial charge in [-0.3, -0.25) is 4.79 Å². The third kappa shape index (κ3) is 4.48. The Bertz CT molecular complexity index is 702. The zero-order valence-electron chi connectivity index (χ0n) is 13.0. The lowest BCUT2D eigenvalue weighted by atomic mass is 10.2. The molecule has 0 aromatic heterocycles. The van der Waals surface area contributed by atoms with Crippen LogP contribution in [0.2, 0.25) is 0 Å². The van der Waals surface area contributed by atoms with Gasteiger partial charge in [0.1, 0.15) is 0 Å². The number of thioether (sulfide) groups is 1. The van der Waals surface area contributed by atoms with Gasteiger partial charge in [0, 0.05) is 18.0 Å². The van der Waals surface area contributed by atoms with Crippen molar-refractivity contribution in [3.8, 4) is 0 Å². The molecule has 1 unspecified atom stereocenters. The summed E-state index contributed by atoms with van der Waals surface area (Å²) in [7, 11) is -1.52. The van der Waals surface area contributed by atoms with E-state index >= 15 is 0 Å². The Kier molecular flexibility index (Phi) is 5.69. The number of rotatable bonds is 5. The van der Waals surface area contributed by atoms with Gasteiger partial charge >= 0.3 is 5.97 Å². The van der Waals surface area contributed by atoms with Gasteiger partial charge in [0.2, 0.25) is 0 Å². The Labute approximate surface area is 140 Å². The Morgan fingerprint density at radius 3 is 2.65 bits per heavy atom. The van der Waals surface area contributed by atoms with E-state index in [-0.39, 0.29) is 17.5 Å². The lowest BCUT2D eigenvalue weighted by Gasteiger charge is -2.23. The number of carbonyl (C=O) groups is 2. The summed E-state index contributed by atoms with van der Waals surface area (Å²) >= 11 is 1.42. The summed E-state index contributed by atoms with van der Waals surface area (Å²) in [4.78, 5) is 26.3. The van der Waals surface area contributed by atoms with E-state index in [1.54, 1.807) is 18.2 Å². The smallest absolute Gasteiger partial charge is 0.339 e. The zero-order chi connectivity index (χ0) is 17.0. The summed E-state index contributed by atoms with van der Waals surface area (Å²) in [6.45, 7) is -0.394. The molecule has 1 aliphatic heterocycles. The normalized spacial score (nSPS) is 19.3. The molecule has 1 aromatic rings. The third-order valence-corrected chi connectivity index (χ3v) is 6.35. The minimum Gasteiger partial charge on any atom is -0.452 e. The first-order valence-electron chi connectivity index (χ1n) is 7.10. The maximum atomic E-state index is 12.1. The number of hydrogen-bond donors (Lipinski definition) is 0. The fraction of sp³-hybridized carbons (Fsp3) is 0.467. The summed E-state index contributed by atoms with van der Waals surface area (Å²) in [5.41, 5.74) is 0.416. The van der Waals surface area contributed by atoms with E-state index in [9.17, 15) is 18.0 Å². The third-order valence-electron chi connectivity index (χ3n) is 3.80. The largest absolute Gasteiger partial charge is 0.452 e. The summed E-state index contributed by atoms with van der Waals surface area (Å²) in [6.07, 6.45) is 2.28. The standard InChI is InChI=1S/C15H19NO5S2/c1-16(11-7-8-23(19,20)10-11)14(17)9-21-15(18)12-5-3-4-6-13(12)22-2/h3-6,11H,7-10H2,1-2H3. The van der Waals surface area contributed by atoms with E-state index in [1.807, 2.05) is 12.3 Å². The van der Waals surface area contributed by atoms with Crippen LogP contribution in [0.15, 0.2) is 29.2 Å². The van der Waals surface area contributed by atoms with Crippen LogP contribution in [0.5, 0.6) is 0 Å². The summed E-state index contributed by atoms with van der Waals surface area (Å²) in [5.74, 6) is -0.896. The van der Waals surface area contributed by atoms with Gasteiger partial charge in [0.05, 0.1) is 17.1 Å². The molecule has 1 atom stereocenters. The second-order valence-electron chi connectivity index (χ2n) is 5.34. The monoisotopic (exact) mass is 357 g/mol. The Morgan fingerprint density at radius 2 is 2.04 bits per heavy atom. The second-order valence-corrected chi connectivity index (χ2v) is 8.41. The number of esters is 1. The number of benzene rings is 1. The van der Waals surface area contributed by atoms with E-state index in [4.69, 9.17) is 4.74 Å². The molecule has 0 bridgehead atoms. The van der Waals surface area contributed by atoms with Gasteiger partial charge in [-0.25, -0.2) is 13.2 Å². The van der Waals surface area contributed by atoms with Crippen LogP contribution in [0.3, 0.4) is 0 Å². The van der Waals surface area contributed by atoms with Gasteiger partial charge in [0.25, 0.3) is 5.91 Å². The summed E-state index contributed by atoms with van der Waals surface area (Å²) < 4.78 is 28.0. The molecular weight excluding hydrogens is 338 g/mol. The van der Waals surface area contributed by atoms with Crippen LogP contribution < -0.4 is 0 Å². The van der Waals surface area contributed by atoms with E-state index < -0.39 is 28.3 Å². The molecular formula is C15H19NO5S2. The van der Waals surface area contributed by atoms with E-state index in [1.165, 1.54) is 23.7 Å². The number of amides is 1. The fourth-order valence-corrected chi connectivity index (χ4v) is 4.76. The van der Waals surface area contributed by atoms with Gasteiger partial charge in [0.15, 0.2) is 16.4 Å². The molecule has 0 saturated carbocycles. The molecule has 0 spiro atoms. The van der Waals surface area contributed by atoms with Crippen LogP contribution >= 0.6 is 11.8 Å². The first-order chi connectivity index (χ1) is 10.8. The topological polar surface area (TPSA) is 80.8 Å². The summed E-state index contributed by atoms with van der Waals surface area (Å²) in [6, 6.07) is 6.66. The second kappa shape index (κ2) is 7.35. The van der Waals surface area contributed by atoms with Gasteiger partial charge in [-0.05, 0) is 24.8 Å². The molecule has 1 heterocycles. The highest BCUT2D eigenvalue weighted by molar-refractivity contribution is 7.98. The van der Waals surface area contributed by atoms with E-state index in [0.29, 0.717) is 12.0 Å². The molecule has 0 N–H and O–H groups in total. The van der Waals surface area contributed by atoms with Crippen molar-refractivity contribution in [2.45, 2.75) is 17.4 Å². The van der Waals surface area contributed by atoms with Crippen molar-refractivity contribution in [2.24, 2.45) is 0 Å². The minimum absolute atomic E-state index is 0.0293. The lowest BCUT2D eigenvalue weighted by molar-refractivity contribution is -0.134. The number of carbonyl (C=O) groups excluding carboxylic acids is 2. The van der Waals surface area contributed by atoms with Crippen molar-refractivity contribution in [1.29, 1.82) is 0 Å². The average molecular weight is 357 g/mol. The molecule has 8 heteroatoms. The Balaban J connectivity index is 1.92. The number of hydrogen-bond acceptors (Lipinski definition) is 6. The minimum atomic E-state index is -3.06. The molecule has 1 aliphatic rings. The quantitative estimate of drug-likeness (QED) is 0.582. The molecule has 0 aliphatic carbocycles. The van der Waals surface area contributed by atoms with Crippen molar-refractivity contribution in [3.05, 3.63) is 29.8 Å². The molecule has 1 aromatic carbocycles. The van der Waals surface area contributed by atoms with Crippen LogP contribution in [0.25, 0.3) is 0 Å². The van der Waals surface area contributed by atoms with Gasteiger partial charge < -0.3 is 9.64 Å². The highest BCUT2D eigenvalue weighted by Crippen LogP contribution is 2.21. The number of ether oxygens (including phenoxy) is 1. The maximum Gasteiger partial charge on any atom is 0.339 e. The number of nitrogens with zero attached hydrogens (tertiary/aromatic N) is 1. The van der Waals surface area contributed by atoms with Crippen LogP contribution in [0.4, 0.5) is 0 Å². The van der Waals surface area contributed by atoms with Gasteiger partial charge in [-0.15, -0.1) is 11.8 Å². The highest BCUT2D eigenvalue weighted by atomic mass is 32.2. The lowest BCUT2D eigenvalue weighted by Crippen LogP contribution is -2.40. The zero-order valence-corrected chi connectivity index (χ0v) is 14.7. The van der Waals surface area contributed by atoms with E-state index in [0.717, 1.165) is 4.90 Å². The van der Waals surface area contributed by atoms with Gasteiger partial charge in [-0.2, -0.15) is 0 Å². The Hall–Kier alpha value is -1.54. The van der Waals surface area contributed by atoms with E-state index in [2.05, 4.69) is 0 Å². The fourth-order valence-electron chi connectivity index (χ4n) is 2.40. The van der Waals surface area contributed by atoms with Crippen molar-refractivity contribution < 1.29 is 22.7 Å². The highest BCUT2D eigenvalue weighted by Gasteiger charge is 2.33. The molecule has 2 rings (SSSR count). The molecule has 6 nitrogen and oxygen atoms in total. The SMILES string of the molecule is CSc1ccccc1C(=O)OCC(=O)N(C)C1CCS(=O)(=O)C1. The van der Waals surface area contributed by atoms with Crippen molar-refractivity contribution in [2.75, 3.05) is 31.4 Å². The average Bonchev–Trinajstić information content (AvgIpc) is 2.91. The number of likely N-dealkylation sites (N-methyl/N-ethyl adjacent to an activating group) is 1. The van der Waals surface area contributed by atoms with Gasteiger partial charge in [-0.1, -0.05) is 12.1 Å². The van der Waals surface area contributed by atoms with Crippen molar-refractivity contribution >= 4 is 33.5 Å². The van der Waals surface area contributed by atoms with Crippen LogP contribution in [0, 0.1) is 0 Å². The molecule has 126 valence electrons. The molecule has 1 amide bonds. The summed E-state index contributed by atoms with van der Waals surface area (Å²) in [5, 5.41) is 0. The molecule has 1 fully saturated rings. The predicted octanol–water partition coefficient (Wildman–Crippen LogP) is 1.21. The first kappa shape index (κ1) is 17.8. The molecule has 23 heavy (non-hydrogen) atoms. The first-order valence-corrected chi connectivity index (χ1v) is 10.1. The predicted molar refractivity (Wildman–Crippen MR) is 88.3 cm³/mol. The van der Waals surface area contributed by atoms with Crippen molar-refractivity contribution in [3.63, 3.8) is 0 Å². The molecule has 1 saturated heterocycles. The van der Waals surface area contributed by atoms with Crippen molar-refractivity contribution in [1.82, 2.24) is 4.90 Å².